The SMILES string of the molecule is CNC(C)c1nc2cc(C)ccc2s1. The highest BCUT2D eigenvalue weighted by Crippen LogP contribution is 2.26. The maximum Gasteiger partial charge on any atom is 0.111 e. The number of nitrogens with zero attached hydrogens (tertiary/aromatic N) is 1. The van der Waals surface area contributed by atoms with Gasteiger partial charge in [0.25, 0.3) is 0 Å². The number of rotatable bonds is 2. The van der Waals surface area contributed by atoms with Gasteiger partial charge in [0.2, 0.25) is 0 Å². The summed E-state index contributed by atoms with van der Waals surface area (Å²) in [5, 5.41) is 4.36. The Kier molecular flexibility index (Phi) is 2.52. The van der Waals surface area contributed by atoms with Crippen molar-refractivity contribution < 1.29 is 0 Å². The highest BCUT2D eigenvalue weighted by molar-refractivity contribution is 7.18. The molecule has 0 aliphatic carbocycles. The lowest BCUT2D eigenvalue weighted by Gasteiger charge is -2.03. The average Bonchev–Trinajstić information content (AvgIpc) is 2.59. The number of hydrogen-bond donors (Lipinski definition) is 1. The first kappa shape index (κ1) is 9.62. The van der Waals surface area contributed by atoms with Crippen LogP contribution in [0.5, 0.6) is 0 Å². The van der Waals surface area contributed by atoms with Crippen molar-refractivity contribution in [1.29, 1.82) is 0 Å². The first-order valence-corrected chi connectivity index (χ1v) is 5.56. The van der Waals surface area contributed by atoms with Crippen molar-refractivity contribution in [3.63, 3.8) is 0 Å². The van der Waals surface area contributed by atoms with Crippen molar-refractivity contribution in [1.82, 2.24) is 10.3 Å². The molecular weight excluding hydrogens is 192 g/mol. The number of benzene rings is 1. The zero-order valence-corrected chi connectivity index (χ0v) is 9.48. The minimum atomic E-state index is 0.340. The molecule has 1 N–H and O–H groups in total. The van der Waals surface area contributed by atoms with Crippen LogP contribution in [0.1, 0.15) is 23.5 Å². The van der Waals surface area contributed by atoms with E-state index >= 15 is 0 Å². The third-order valence-corrected chi connectivity index (χ3v) is 3.58. The minimum absolute atomic E-state index is 0.340. The molecule has 0 radical (unpaired) electrons. The van der Waals surface area contributed by atoms with Gasteiger partial charge in [-0.05, 0) is 38.6 Å². The first-order valence-electron chi connectivity index (χ1n) is 4.75. The molecule has 1 heterocycles. The fourth-order valence-electron chi connectivity index (χ4n) is 1.36. The van der Waals surface area contributed by atoms with Gasteiger partial charge in [0.05, 0.1) is 16.3 Å². The second kappa shape index (κ2) is 3.67. The van der Waals surface area contributed by atoms with E-state index in [2.05, 4.69) is 42.3 Å². The lowest BCUT2D eigenvalue weighted by Crippen LogP contribution is -2.11. The molecule has 2 rings (SSSR count). The van der Waals surface area contributed by atoms with Crippen LogP contribution in [-0.4, -0.2) is 12.0 Å². The molecule has 1 aromatic heterocycles. The molecule has 0 spiro atoms. The van der Waals surface area contributed by atoms with E-state index in [1.165, 1.54) is 10.3 Å². The molecule has 0 fully saturated rings. The van der Waals surface area contributed by atoms with E-state index in [-0.39, 0.29) is 0 Å². The van der Waals surface area contributed by atoms with Gasteiger partial charge in [-0.2, -0.15) is 0 Å². The number of aromatic nitrogens is 1. The Bertz CT molecular complexity index is 447. The summed E-state index contributed by atoms with van der Waals surface area (Å²) in [6, 6.07) is 6.76. The van der Waals surface area contributed by atoms with E-state index in [4.69, 9.17) is 0 Å². The lowest BCUT2D eigenvalue weighted by molar-refractivity contribution is 0.649. The van der Waals surface area contributed by atoms with E-state index in [1.807, 2.05) is 7.05 Å². The molecule has 3 heteroatoms. The highest BCUT2D eigenvalue weighted by Gasteiger charge is 2.08. The summed E-state index contributed by atoms with van der Waals surface area (Å²) in [5.41, 5.74) is 2.39. The van der Waals surface area contributed by atoms with Gasteiger partial charge in [-0.25, -0.2) is 4.98 Å². The summed E-state index contributed by atoms with van der Waals surface area (Å²) in [4.78, 5) is 4.60. The van der Waals surface area contributed by atoms with Crippen LogP contribution in [-0.2, 0) is 0 Å². The standard InChI is InChI=1S/C11H14N2S/c1-7-4-5-10-9(6-7)13-11(14-10)8(2)12-3/h4-6,8,12H,1-3H3. The Morgan fingerprint density at radius 3 is 2.93 bits per heavy atom. The van der Waals surface area contributed by atoms with Crippen molar-refractivity contribution >= 4 is 21.6 Å². The van der Waals surface area contributed by atoms with Crippen LogP contribution in [0.15, 0.2) is 18.2 Å². The molecule has 74 valence electrons. The summed E-state index contributed by atoms with van der Waals surface area (Å²) in [7, 11) is 1.96. The maximum atomic E-state index is 4.60. The van der Waals surface area contributed by atoms with E-state index in [0.29, 0.717) is 6.04 Å². The first-order chi connectivity index (χ1) is 6.70. The fourth-order valence-corrected chi connectivity index (χ4v) is 2.37. The summed E-state index contributed by atoms with van der Waals surface area (Å²) in [6.07, 6.45) is 0. The minimum Gasteiger partial charge on any atom is -0.311 e. The molecule has 0 saturated heterocycles. The van der Waals surface area contributed by atoms with Gasteiger partial charge >= 0.3 is 0 Å². The van der Waals surface area contributed by atoms with Crippen LogP contribution in [0.4, 0.5) is 0 Å². The van der Waals surface area contributed by atoms with Crippen LogP contribution < -0.4 is 5.32 Å². The van der Waals surface area contributed by atoms with Crippen molar-refractivity contribution in [2.45, 2.75) is 19.9 Å². The monoisotopic (exact) mass is 206 g/mol. The summed E-state index contributed by atoms with van der Waals surface area (Å²) >= 11 is 1.77. The van der Waals surface area contributed by atoms with Crippen LogP contribution in [0.2, 0.25) is 0 Å². The Hall–Kier alpha value is -0.930. The predicted molar refractivity (Wildman–Crippen MR) is 61.8 cm³/mol. The Balaban J connectivity index is 2.51. The summed E-state index contributed by atoms with van der Waals surface area (Å²) in [5.74, 6) is 0. The van der Waals surface area contributed by atoms with Crippen LogP contribution >= 0.6 is 11.3 Å². The van der Waals surface area contributed by atoms with Crippen molar-refractivity contribution in [2.75, 3.05) is 7.05 Å². The second-order valence-corrected chi connectivity index (χ2v) is 4.60. The van der Waals surface area contributed by atoms with Crippen molar-refractivity contribution in [3.05, 3.63) is 28.8 Å². The van der Waals surface area contributed by atoms with Gasteiger partial charge in [0, 0.05) is 0 Å². The molecule has 0 aliphatic heterocycles. The number of thiazole rings is 1. The van der Waals surface area contributed by atoms with Crippen molar-refractivity contribution in [3.8, 4) is 0 Å². The lowest BCUT2D eigenvalue weighted by atomic mass is 10.2. The van der Waals surface area contributed by atoms with Crippen LogP contribution in [0.3, 0.4) is 0 Å². The number of nitrogens with one attached hydrogen (secondary N) is 1. The Labute approximate surface area is 88.0 Å². The van der Waals surface area contributed by atoms with Gasteiger partial charge < -0.3 is 5.32 Å². The molecule has 0 saturated carbocycles. The Morgan fingerprint density at radius 2 is 2.21 bits per heavy atom. The number of aryl methyl sites for hydroxylation is 1. The molecular formula is C11H14N2S. The molecule has 1 unspecified atom stereocenters. The molecule has 14 heavy (non-hydrogen) atoms. The highest BCUT2D eigenvalue weighted by atomic mass is 32.1. The van der Waals surface area contributed by atoms with Crippen LogP contribution in [0, 0.1) is 6.92 Å². The molecule has 1 aromatic carbocycles. The topological polar surface area (TPSA) is 24.9 Å². The van der Waals surface area contributed by atoms with E-state index < -0.39 is 0 Å². The largest absolute Gasteiger partial charge is 0.311 e. The third-order valence-electron chi connectivity index (χ3n) is 2.36. The molecule has 2 nitrogen and oxygen atoms in total. The number of fused-ring (bicyclic) bond motifs is 1. The average molecular weight is 206 g/mol. The smallest absolute Gasteiger partial charge is 0.111 e. The normalized spacial score (nSPS) is 13.4. The molecule has 0 bridgehead atoms. The van der Waals surface area contributed by atoms with E-state index in [9.17, 15) is 0 Å². The molecule has 2 aromatic rings. The maximum absolute atomic E-state index is 4.60. The van der Waals surface area contributed by atoms with Gasteiger partial charge in [-0.1, -0.05) is 6.07 Å². The van der Waals surface area contributed by atoms with E-state index in [0.717, 1.165) is 10.5 Å². The van der Waals surface area contributed by atoms with Crippen LogP contribution in [0.25, 0.3) is 10.2 Å². The predicted octanol–water partition coefficient (Wildman–Crippen LogP) is 2.89. The summed E-state index contributed by atoms with van der Waals surface area (Å²) in [6.45, 7) is 4.23. The van der Waals surface area contributed by atoms with E-state index in [1.54, 1.807) is 11.3 Å². The van der Waals surface area contributed by atoms with Gasteiger partial charge in [0.15, 0.2) is 0 Å². The quantitative estimate of drug-likeness (QED) is 0.817. The van der Waals surface area contributed by atoms with Gasteiger partial charge in [-0.15, -0.1) is 11.3 Å². The van der Waals surface area contributed by atoms with Crippen molar-refractivity contribution in [2.24, 2.45) is 0 Å². The van der Waals surface area contributed by atoms with Gasteiger partial charge in [0.1, 0.15) is 5.01 Å². The zero-order chi connectivity index (χ0) is 10.1. The Morgan fingerprint density at radius 1 is 1.43 bits per heavy atom. The molecule has 0 aliphatic rings. The number of hydrogen-bond acceptors (Lipinski definition) is 3. The van der Waals surface area contributed by atoms with Gasteiger partial charge in [-0.3, -0.25) is 0 Å². The zero-order valence-electron chi connectivity index (χ0n) is 8.66. The molecule has 0 amide bonds. The molecule has 1 atom stereocenters. The summed E-state index contributed by atoms with van der Waals surface area (Å²) < 4.78 is 1.27. The second-order valence-electron chi connectivity index (χ2n) is 3.53. The third kappa shape index (κ3) is 1.65. The fraction of sp³-hybridized carbons (Fsp3) is 0.364.